The first-order valence-corrected chi connectivity index (χ1v) is 11.6. The maximum Gasteiger partial charge on any atom is 0.231 e. The molecule has 3 aliphatic rings. The summed E-state index contributed by atoms with van der Waals surface area (Å²) in [6.07, 6.45) is 13.9. The molecule has 31 heavy (non-hydrogen) atoms. The Kier molecular flexibility index (Phi) is 7.84. The number of nitrogens with zero attached hydrogens (tertiary/aromatic N) is 2. The van der Waals surface area contributed by atoms with Crippen molar-refractivity contribution >= 4 is 23.2 Å². The molecule has 1 aromatic carbocycles. The lowest BCUT2D eigenvalue weighted by Crippen LogP contribution is -2.46. The lowest BCUT2D eigenvalue weighted by Gasteiger charge is -2.36. The molecule has 1 aliphatic carbocycles. The van der Waals surface area contributed by atoms with E-state index in [0.717, 1.165) is 70.0 Å². The van der Waals surface area contributed by atoms with Crippen LogP contribution < -0.4 is 4.74 Å². The molecule has 0 bridgehead atoms. The quantitative estimate of drug-likeness (QED) is 0.460. The van der Waals surface area contributed by atoms with Crippen molar-refractivity contribution in [3.05, 3.63) is 76.2 Å². The molecule has 0 aromatic heterocycles. The molecule has 0 unspecified atom stereocenters. The number of benzene rings is 1. The molecule has 0 atom stereocenters. The van der Waals surface area contributed by atoms with Gasteiger partial charge in [-0.25, -0.2) is 0 Å². The third-order valence-corrected chi connectivity index (χ3v) is 6.19. The van der Waals surface area contributed by atoms with Crippen LogP contribution in [0.4, 0.5) is 0 Å². The molecule has 5 nitrogen and oxygen atoms in total. The molecule has 2 heterocycles. The van der Waals surface area contributed by atoms with E-state index in [1.54, 1.807) is 24.7 Å². The molecule has 0 amide bonds. The van der Waals surface area contributed by atoms with Gasteiger partial charge in [-0.15, -0.1) is 0 Å². The molecule has 0 spiro atoms. The van der Waals surface area contributed by atoms with Crippen LogP contribution in [0.5, 0.6) is 5.75 Å². The SMILES string of the molecule is Clc1cccc(Cl)c1OCCCN1CCN(C2=COC(CC3=CC=CCC3)=CO2)CC1. The van der Waals surface area contributed by atoms with E-state index < -0.39 is 0 Å². The minimum Gasteiger partial charge on any atom is -0.490 e. The standard InChI is InChI=1S/C24H28Cl2N2O3/c25-21-8-4-9-22(26)24(21)29-15-5-10-27-11-13-28(14-12-27)23-18-30-20(17-31-23)16-19-6-2-1-3-7-19/h1-2,4,6,8-9,17-18H,3,5,7,10-16H2. The first-order chi connectivity index (χ1) is 15.2. The van der Waals surface area contributed by atoms with E-state index in [1.807, 2.05) is 6.07 Å². The zero-order chi connectivity index (χ0) is 21.5. The number of hydrogen-bond donors (Lipinski definition) is 0. The van der Waals surface area contributed by atoms with E-state index in [2.05, 4.69) is 28.0 Å². The molecule has 0 N–H and O–H groups in total. The van der Waals surface area contributed by atoms with Gasteiger partial charge in [-0.3, -0.25) is 4.90 Å². The predicted octanol–water partition coefficient (Wildman–Crippen LogP) is 5.73. The number of rotatable bonds is 8. The first-order valence-electron chi connectivity index (χ1n) is 10.8. The highest BCUT2D eigenvalue weighted by atomic mass is 35.5. The Morgan fingerprint density at radius 1 is 1.00 bits per heavy atom. The fraction of sp³-hybridized carbons (Fsp3) is 0.417. The Labute approximate surface area is 194 Å². The lowest BCUT2D eigenvalue weighted by molar-refractivity contribution is 0.0806. The van der Waals surface area contributed by atoms with Crippen molar-refractivity contribution in [2.75, 3.05) is 39.3 Å². The molecule has 7 heteroatoms. The van der Waals surface area contributed by atoms with Gasteiger partial charge < -0.3 is 19.1 Å². The minimum absolute atomic E-state index is 0.550. The Balaban J connectivity index is 1.14. The van der Waals surface area contributed by atoms with E-state index in [4.69, 9.17) is 37.4 Å². The van der Waals surface area contributed by atoms with Crippen molar-refractivity contribution in [3.8, 4) is 5.75 Å². The average Bonchev–Trinajstić information content (AvgIpc) is 2.80. The van der Waals surface area contributed by atoms with Crippen molar-refractivity contribution < 1.29 is 14.2 Å². The fourth-order valence-electron chi connectivity index (χ4n) is 3.84. The summed E-state index contributed by atoms with van der Waals surface area (Å²) in [7, 11) is 0. The summed E-state index contributed by atoms with van der Waals surface area (Å²) in [5.74, 6) is 2.22. The summed E-state index contributed by atoms with van der Waals surface area (Å²) in [6, 6.07) is 5.39. The Morgan fingerprint density at radius 2 is 1.81 bits per heavy atom. The minimum atomic E-state index is 0.550. The third-order valence-electron chi connectivity index (χ3n) is 5.59. The van der Waals surface area contributed by atoms with Crippen LogP contribution >= 0.6 is 23.2 Å². The fourth-order valence-corrected chi connectivity index (χ4v) is 4.34. The molecule has 1 fully saturated rings. The summed E-state index contributed by atoms with van der Waals surface area (Å²) in [5.41, 5.74) is 1.38. The molecule has 1 aromatic rings. The van der Waals surface area contributed by atoms with E-state index in [-0.39, 0.29) is 0 Å². The van der Waals surface area contributed by atoms with Crippen LogP contribution in [0.3, 0.4) is 0 Å². The smallest absolute Gasteiger partial charge is 0.231 e. The van der Waals surface area contributed by atoms with Gasteiger partial charge in [-0.2, -0.15) is 0 Å². The van der Waals surface area contributed by atoms with E-state index in [1.165, 1.54) is 5.57 Å². The van der Waals surface area contributed by atoms with Gasteiger partial charge in [-0.05, 0) is 31.4 Å². The van der Waals surface area contributed by atoms with E-state index in [9.17, 15) is 0 Å². The summed E-state index contributed by atoms with van der Waals surface area (Å²) in [4.78, 5) is 4.66. The van der Waals surface area contributed by atoms with E-state index in [0.29, 0.717) is 22.4 Å². The van der Waals surface area contributed by atoms with Crippen molar-refractivity contribution in [1.29, 1.82) is 0 Å². The maximum atomic E-state index is 6.14. The highest BCUT2D eigenvalue weighted by Gasteiger charge is 2.22. The predicted molar refractivity (Wildman–Crippen MR) is 124 cm³/mol. The molecule has 4 rings (SSSR count). The molecular formula is C24H28Cl2N2O3. The molecule has 2 aliphatic heterocycles. The lowest BCUT2D eigenvalue weighted by atomic mass is 10.0. The van der Waals surface area contributed by atoms with Crippen LogP contribution in [0, 0.1) is 0 Å². The van der Waals surface area contributed by atoms with Crippen LogP contribution in [0.1, 0.15) is 25.7 Å². The van der Waals surface area contributed by atoms with Crippen molar-refractivity contribution in [2.45, 2.75) is 25.7 Å². The van der Waals surface area contributed by atoms with Crippen molar-refractivity contribution in [3.63, 3.8) is 0 Å². The number of allylic oxidation sites excluding steroid dienone is 4. The molecule has 1 saturated heterocycles. The highest BCUT2D eigenvalue weighted by Crippen LogP contribution is 2.32. The van der Waals surface area contributed by atoms with Gasteiger partial charge in [0.1, 0.15) is 12.0 Å². The monoisotopic (exact) mass is 462 g/mol. The second-order valence-corrected chi connectivity index (χ2v) is 8.64. The van der Waals surface area contributed by atoms with Crippen LogP contribution in [0.2, 0.25) is 10.0 Å². The molecular weight excluding hydrogens is 435 g/mol. The summed E-state index contributed by atoms with van der Waals surface area (Å²) in [6.45, 7) is 5.33. The van der Waals surface area contributed by atoms with E-state index >= 15 is 0 Å². The molecule has 0 saturated carbocycles. The summed E-state index contributed by atoms with van der Waals surface area (Å²) in [5, 5.41) is 1.10. The Morgan fingerprint density at radius 3 is 2.48 bits per heavy atom. The largest absolute Gasteiger partial charge is 0.490 e. The zero-order valence-corrected chi connectivity index (χ0v) is 19.1. The number of piperazine rings is 1. The second kappa shape index (κ2) is 11.0. The second-order valence-electron chi connectivity index (χ2n) is 7.83. The number of halogens is 2. The van der Waals surface area contributed by atoms with Gasteiger partial charge in [0, 0.05) is 39.1 Å². The van der Waals surface area contributed by atoms with Crippen LogP contribution in [0.15, 0.2) is 66.2 Å². The van der Waals surface area contributed by atoms with Gasteiger partial charge in [0.25, 0.3) is 0 Å². The van der Waals surface area contributed by atoms with Crippen molar-refractivity contribution in [1.82, 2.24) is 9.80 Å². The Hall–Kier alpha value is -2.08. The van der Waals surface area contributed by atoms with Crippen LogP contribution in [-0.2, 0) is 9.47 Å². The molecule has 166 valence electrons. The normalized spacial score (nSPS) is 19.2. The number of hydrogen-bond acceptors (Lipinski definition) is 5. The maximum absolute atomic E-state index is 6.14. The zero-order valence-electron chi connectivity index (χ0n) is 17.6. The van der Waals surface area contributed by atoms with Gasteiger partial charge in [0.05, 0.1) is 16.7 Å². The first kappa shape index (κ1) is 22.1. The highest BCUT2D eigenvalue weighted by molar-refractivity contribution is 6.37. The summed E-state index contributed by atoms with van der Waals surface area (Å²) < 4.78 is 17.5. The van der Waals surface area contributed by atoms with Gasteiger partial charge in [0.2, 0.25) is 5.88 Å². The van der Waals surface area contributed by atoms with Gasteiger partial charge in [-0.1, -0.05) is 53.1 Å². The molecule has 0 radical (unpaired) electrons. The van der Waals surface area contributed by atoms with Gasteiger partial charge >= 0.3 is 0 Å². The topological polar surface area (TPSA) is 34.2 Å². The average molecular weight is 463 g/mol. The summed E-state index contributed by atoms with van der Waals surface area (Å²) >= 11 is 12.3. The van der Waals surface area contributed by atoms with Crippen LogP contribution in [-0.4, -0.2) is 49.1 Å². The van der Waals surface area contributed by atoms with Gasteiger partial charge in [0.15, 0.2) is 12.0 Å². The number of ether oxygens (including phenoxy) is 3. The third kappa shape index (κ3) is 6.22. The van der Waals surface area contributed by atoms with Crippen molar-refractivity contribution in [2.24, 2.45) is 0 Å². The van der Waals surface area contributed by atoms with Crippen LogP contribution in [0.25, 0.3) is 0 Å². The Bertz CT molecular complexity index is 867. The number of para-hydroxylation sites is 1.